The minimum Gasteiger partial charge on any atom is -0.298 e. The van der Waals surface area contributed by atoms with Crippen LogP contribution in [-0.2, 0) is 0 Å². The van der Waals surface area contributed by atoms with Crippen molar-refractivity contribution >= 4 is 89.3 Å². The molecule has 4 rings (SSSR count). The van der Waals surface area contributed by atoms with Gasteiger partial charge in [-0.05, 0) is 22.9 Å². The Hall–Kier alpha value is -2.44. The fourth-order valence-corrected chi connectivity index (χ4v) is 4.80. The van der Waals surface area contributed by atoms with Crippen molar-refractivity contribution in [2.75, 3.05) is 0 Å². The zero-order valence-electron chi connectivity index (χ0n) is 13.0. The average Bonchev–Trinajstić information content (AvgIpc) is 2.66. The molecule has 4 nitrogen and oxygen atoms in total. The molecule has 0 N–H and O–H groups in total. The van der Waals surface area contributed by atoms with Crippen molar-refractivity contribution < 1.29 is 19.2 Å². The van der Waals surface area contributed by atoms with Crippen LogP contribution in [0.5, 0.6) is 0 Å². The maximum absolute atomic E-state index is 11.9. The van der Waals surface area contributed by atoms with E-state index in [1.807, 2.05) is 0 Å². The van der Waals surface area contributed by atoms with Crippen LogP contribution in [0.25, 0.3) is 32.3 Å². The second kappa shape index (κ2) is 6.07. The van der Waals surface area contributed by atoms with E-state index in [9.17, 15) is 19.2 Å². The van der Waals surface area contributed by atoms with E-state index in [-0.39, 0.29) is 22.3 Å². The molecule has 0 aliphatic heterocycles. The van der Waals surface area contributed by atoms with Gasteiger partial charge in [-0.3, -0.25) is 19.2 Å². The Kier molecular flexibility index (Phi) is 3.97. The van der Waals surface area contributed by atoms with Crippen LogP contribution in [0.2, 0.25) is 0 Å². The third-order valence-electron chi connectivity index (χ3n) is 4.73. The molecule has 4 aromatic rings. The third kappa shape index (κ3) is 2.00. The number of benzene rings is 4. The van der Waals surface area contributed by atoms with Crippen molar-refractivity contribution in [3.8, 4) is 0 Å². The molecule has 0 fully saturated rings. The predicted octanol–water partition coefficient (Wildman–Crippen LogP) is 5.36. The van der Waals surface area contributed by atoms with Crippen LogP contribution in [0.3, 0.4) is 0 Å². The highest BCUT2D eigenvalue weighted by atomic mass is 79.9. The topological polar surface area (TPSA) is 68.3 Å². The van der Waals surface area contributed by atoms with Gasteiger partial charge in [0.05, 0.1) is 0 Å². The zero-order chi connectivity index (χ0) is 18.6. The van der Waals surface area contributed by atoms with Gasteiger partial charge in [0.1, 0.15) is 0 Å². The van der Waals surface area contributed by atoms with E-state index in [0.29, 0.717) is 66.4 Å². The molecule has 126 valence electrons. The molecule has 0 aliphatic rings. The molecular formula is C20H8Br2O4. The summed E-state index contributed by atoms with van der Waals surface area (Å²) in [5.74, 6) is 0. The first-order valence-electron chi connectivity index (χ1n) is 7.55. The fraction of sp³-hybridized carbons (Fsp3) is 0. The molecule has 0 bridgehead atoms. The molecule has 6 heteroatoms. The highest BCUT2D eigenvalue weighted by Gasteiger charge is 2.24. The summed E-state index contributed by atoms with van der Waals surface area (Å²) in [4.78, 5) is 47.2. The number of rotatable bonds is 4. The maximum atomic E-state index is 11.9. The van der Waals surface area contributed by atoms with Gasteiger partial charge in [-0.15, -0.1) is 0 Å². The summed E-state index contributed by atoms with van der Waals surface area (Å²) in [6.07, 6.45) is 2.59. The minimum atomic E-state index is 0.244. The summed E-state index contributed by atoms with van der Waals surface area (Å²) in [5.41, 5.74) is 1.02. The maximum Gasteiger partial charge on any atom is 0.151 e. The lowest BCUT2D eigenvalue weighted by atomic mass is 9.84. The van der Waals surface area contributed by atoms with Crippen LogP contribution < -0.4 is 0 Å². The third-order valence-corrected chi connectivity index (χ3v) is 6.05. The summed E-state index contributed by atoms with van der Waals surface area (Å²) in [6, 6.07) is 6.89. The van der Waals surface area contributed by atoms with Crippen molar-refractivity contribution in [3.05, 3.63) is 55.5 Å². The van der Waals surface area contributed by atoms with Crippen molar-refractivity contribution in [2.45, 2.75) is 0 Å². The number of hydrogen-bond donors (Lipinski definition) is 0. The van der Waals surface area contributed by atoms with E-state index in [4.69, 9.17) is 0 Å². The zero-order valence-corrected chi connectivity index (χ0v) is 16.2. The summed E-state index contributed by atoms with van der Waals surface area (Å²) >= 11 is 6.91. The SMILES string of the molecule is O=Cc1c(C=O)c2ccc(Br)c3c(C=O)c(C=O)c4c(Br)ccc1c4c23. The Morgan fingerprint density at radius 3 is 1.15 bits per heavy atom. The number of halogens is 2. The van der Waals surface area contributed by atoms with Crippen LogP contribution in [-0.4, -0.2) is 25.1 Å². The Bertz CT molecular complexity index is 1180. The Morgan fingerprint density at radius 2 is 0.846 bits per heavy atom. The van der Waals surface area contributed by atoms with Gasteiger partial charge in [-0.25, -0.2) is 0 Å². The smallest absolute Gasteiger partial charge is 0.151 e. The van der Waals surface area contributed by atoms with E-state index in [2.05, 4.69) is 31.9 Å². The van der Waals surface area contributed by atoms with E-state index in [1.54, 1.807) is 24.3 Å². The molecule has 26 heavy (non-hydrogen) atoms. The van der Waals surface area contributed by atoms with Gasteiger partial charge in [0.2, 0.25) is 0 Å². The van der Waals surface area contributed by atoms with Gasteiger partial charge < -0.3 is 0 Å². The van der Waals surface area contributed by atoms with Gasteiger partial charge in [0, 0.05) is 52.7 Å². The molecule has 0 unspecified atom stereocenters. The fourth-order valence-electron chi connectivity index (χ4n) is 3.71. The van der Waals surface area contributed by atoms with Crippen LogP contribution >= 0.6 is 31.9 Å². The lowest BCUT2D eigenvalue weighted by Crippen LogP contribution is -2.03. The summed E-state index contributed by atoms with van der Waals surface area (Å²) in [5, 5.41) is 3.58. The first-order valence-corrected chi connectivity index (χ1v) is 9.13. The Balaban J connectivity index is 2.58. The highest BCUT2D eigenvalue weighted by Crippen LogP contribution is 2.45. The summed E-state index contributed by atoms with van der Waals surface area (Å²) in [7, 11) is 0. The molecule has 0 aromatic heterocycles. The van der Waals surface area contributed by atoms with Gasteiger partial charge >= 0.3 is 0 Å². The lowest BCUT2D eigenvalue weighted by molar-refractivity contribution is 0.109. The average molecular weight is 472 g/mol. The van der Waals surface area contributed by atoms with E-state index >= 15 is 0 Å². The summed E-state index contributed by atoms with van der Waals surface area (Å²) < 4.78 is 1.27. The van der Waals surface area contributed by atoms with Gasteiger partial charge in [0.15, 0.2) is 25.1 Å². The van der Waals surface area contributed by atoms with E-state index in [0.717, 1.165) is 0 Å². The lowest BCUT2D eigenvalue weighted by Gasteiger charge is -2.19. The van der Waals surface area contributed by atoms with Crippen LogP contribution in [0, 0.1) is 0 Å². The molecule has 0 amide bonds. The minimum absolute atomic E-state index is 0.244. The molecule has 0 saturated heterocycles. The van der Waals surface area contributed by atoms with Crippen molar-refractivity contribution in [3.63, 3.8) is 0 Å². The Morgan fingerprint density at radius 1 is 0.500 bits per heavy atom. The second-order valence-electron chi connectivity index (χ2n) is 5.82. The molecule has 0 saturated carbocycles. The molecule has 0 aliphatic carbocycles. The number of carbonyl (C=O) groups excluding carboxylic acids is 4. The van der Waals surface area contributed by atoms with Crippen molar-refractivity contribution in [1.82, 2.24) is 0 Å². The second-order valence-corrected chi connectivity index (χ2v) is 7.52. The normalized spacial score (nSPS) is 11.3. The molecule has 0 heterocycles. The number of carbonyl (C=O) groups is 4. The monoisotopic (exact) mass is 470 g/mol. The molecule has 0 radical (unpaired) electrons. The van der Waals surface area contributed by atoms with Gasteiger partial charge in [-0.1, -0.05) is 44.0 Å². The molecular weight excluding hydrogens is 464 g/mol. The largest absolute Gasteiger partial charge is 0.298 e. The van der Waals surface area contributed by atoms with Gasteiger partial charge in [-0.2, -0.15) is 0 Å². The highest BCUT2D eigenvalue weighted by molar-refractivity contribution is 9.11. The molecule has 4 aromatic carbocycles. The number of aldehydes is 4. The van der Waals surface area contributed by atoms with Crippen molar-refractivity contribution in [1.29, 1.82) is 0 Å². The van der Waals surface area contributed by atoms with E-state index < -0.39 is 0 Å². The molecule has 0 atom stereocenters. The summed E-state index contributed by atoms with van der Waals surface area (Å²) in [6.45, 7) is 0. The quantitative estimate of drug-likeness (QED) is 0.297. The predicted molar refractivity (Wildman–Crippen MR) is 107 cm³/mol. The van der Waals surface area contributed by atoms with Crippen molar-refractivity contribution in [2.24, 2.45) is 0 Å². The first-order chi connectivity index (χ1) is 12.6. The van der Waals surface area contributed by atoms with Crippen LogP contribution in [0.1, 0.15) is 41.4 Å². The molecule has 0 spiro atoms. The Labute approximate surface area is 163 Å². The van der Waals surface area contributed by atoms with Gasteiger partial charge in [0.25, 0.3) is 0 Å². The standard InChI is InChI=1S/C20H8Br2O4/c21-15-3-1-9-11(5-23)12(6-24)10-2-4-16(22)18-14(8-26)13(7-25)17(15)19(9)20(10)18/h1-8H. The van der Waals surface area contributed by atoms with E-state index in [1.165, 1.54) is 0 Å². The number of hydrogen-bond acceptors (Lipinski definition) is 4. The first kappa shape index (κ1) is 17.0. The van der Waals surface area contributed by atoms with Crippen LogP contribution in [0.15, 0.2) is 33.2 Å². The van der Waals surface area contributed by atoms with Crippen LogP contribution in [0.4, 0.5) is 0 Å².